The molecule has 0 aliphatic heterocycles. The van der Waals surface area contributed by atoms with Gasteiger partial charge in [0.2, 0.25) is 0 Å². The Morgan fingerprint density at radius 1 is 0.976 bits per heavy atom. The van der Waals surface area contributed by atoms with Gasteiger partial charge in [-0.05, 0) is 93.1 Å². The Morgan fingerprint density at radius 3 is 2.39 bits per heavy atom. The third kappa shape index (κ3) is 5.74. The molecular formula is C32H30ClN5O3. The van der Waals surface area contributed by atoms with Gasteiger partial charge >= 0.3 is 5.69 Å². The van der Waals surface area contributed by atoms with Crippen LogP contribution in [-0.4, -0.2) is 31.1 Å². The molecule has 1 aliphatic carbocycles. The number of carbonyl (C=O) groups excluding carboxylic acids is 1. The number of carbonyl (C=O) groups is 1. The van der Waals surface area contributed by atoms with Gasteiger partial charge in [0, 0.05) is 31.2 Å². The molecule has 1 saturated carbocycles. The summed E-state index contributed by atoms with van der Waals surface area (Å²) in [6.07, 6.45) is 8.47. The van der Waals surface area contributed by atoms with Crippen molar-refractivity contribution in [1.29, 1.82) is 0 Å². The monoisotopic (exact) mass is 567 g/mol. The SMILES string of the molecule is Cc1ncc(Cl)cc1C(=O)NC1CCC(Cn2c(=O)n(-c3ccc(Oc4ccncc4)cc3)c3ccccc32)CC1. The number of aromatic nitrogens is 4. The van der Waals surface area contributed by atoms with Gasteiger partial charge in [-0.2, -0.15) is 0 Å². The van der Waals surface area contributed by atoms with E-state index in [-0.39, 0.29) is 17.6 Å². The predicted molar refractivity (Wildman–Crippen MR) is 159 cm³/mol. The molecule has 0 atom stereocenters. The quantitative estimate of drug-likeness (QED) is 0.248. The van der Waals surface area contributed by atoms with Gasteiger partial charge < -0.3 is 10.1 Å². The molecule has 0 spiro atoms. The summed E-state index contributed by atoms with van der Waals surface area (Å²) in [7, 11) is 0. The van der Waals surface area contributed by atoms with Crippen LogP contribution in [0.4, 0.5) is 0 Å². The molecule has 5 aromatic rings. The zero-order valence-electron chi connectivity index (χ0n) is 22.7. The number of para-hydroxylation sites is 2. The lowest BCUT2D eigenvalue weighted by molar-refractivity contribution is 0.0919. The average molecular weight is 568 g/mol. The molecule has 1 amide bonds. The number of nitrogens with one attached hydrogen (secondary N) is 1. The Bertz CT molecular complexity index is 1740. The summed E-state index contributed by atoms with van der Waals surface area (Å²) >= 11 is 6.05. The van der Waals surface area contributed by atoms with Crippen LogP contribution < -0.4 is 15.7 Å². The van der Waals surface area contributed by atoms with E-state index in [1.54, 1.807) is 48.3 Å². The van der Waals surface area contributed by atoms with Crippen molar-refractivity contribution in [2.75, 3.05) is 0 Å². The molecule has 6 rings (SSSR count). The summed E-state index contributed by atoms with van der Waals surface area (Å²) in [5.41, 5.74) is 3.67. The number of pyridine rings is 2. The molecule has 9 heteroatoms. The maximum Gasteiger partial charge on any atom is 0.333 e. The number of hydrogen-bond donors (Lipinski definition) is 1. The van der Waals surface area contributed by atoms with Crippen LogP contribution in [-0.2, 0) is 6.54 Å². The zero-order valence-corrected chi connectivity index (χ0v) is 23.4. The van der Waals surface area contributed by atoms with E-state index in [0.29, 0.717) is 40.2 Å². The Hall–Kier alpha value is -4.43. The third-order valence-electron chi connectivity index (χ3n) is 7.74. The molecule has 1 N–H and O–H groups in total. The molecule has 2 aromatic carbocycles. The van der Waals surface area contributed by atoms with E-state index in [2.05, 4.69) is 15.3 Å². The maximum atomic E-state index is 13.8. The van der Waals surface area contributed by atoms with Gasteiger partial charge in [-0.1, -0.05) is 23.7 Å². The first-order valence-electron chi connectivity index (χ1n) is 13.8. The summed E-state index contributed by atoms with van der Waals surface area (Å²) < 4.78 is 9.55. The van der Waals surface area contributed by atoms with Crippen LogP contribution in [0.25, 0.3) is 16.7 Å². The van der Waals surface area contributed by atoms with E-state index in [9.17, 15) is 9.59 Å². The van der Waals surface area contributed by atoms with E-state index in [1.807, 2.05) is 53.1 Å². The Labute approximate surface area is 242 Å². The largest absolute Gasteiger partial charge is 0.457 e. The molecule has 208 valence electrons. The number of imidazole rings is 1. The standard InChI is InChI=1S/C32H30ClN5O3/c1-21-28(18-23(33)19-35-21)31(39)36-24-8-6-22(7-9-24)20-37-29-4-2-3-5-30(29)38(32(37)40)25-10-12-26(13-11-25)41-27-14-16-34-17-15-27/h2-5,10-19,22,24H,6-9,20H2,1H3,(H,36,39). The number of hydrogen-bond acceptors (Lipinski definition) is 5. The van der Waals surface area contributed by atoms with Gasteiger partial charge in [-0.15, -0.1) is 0 Å². The molecule has 1 fully saturated rings. The first-order chi connectivity index (χ1) is 20.0. The summed E-state index contributed by atoms with van der Waals surface area (Å²) in [6, 6.07) is 20.8. The predicted octanol–water partition coefficient (Wildman–Crippen LogP) is 6.33. The van der Waals surface area contributed by atoms with Crippen molar-refractivity contribution >= 4 is 28.5 Å². The highest BCUT2D eigenvalue weighted by Crippen LogP contribution is 2.28. The van der Waals surface area contributed by atoms with Crippen LogP contribution in [0.15, 0.2) is 90.1 Å². The second-order valence-corrected chi connectivity index (χ2v) is 10.9. The van der Waals surface area contributed by atoms with Gasteiger partial charge in [0.1, 0.15) is 11.5 Å². The molecule has 1 aliphatic rings. The van der Waals surface area contributed by atoms with E-state index in [4.69, 9.17) is 16.3 Å². The normalized spacial score (nSPS) is 16.9. The lowest BCUT2D eigenvalue weighted by Gasteiger charge is -2.29. The molecule has 3 heterocycles. The molecule has 0 bridgehead atoms. The lowest BCUT2D eigenvalue weighted by Crippen LogP contribution is -2.39. The van der Waals surface area contributed by atoms with E-state index in [1.165, 1.54) is 0 Å². The van der Waals surface area contributed by atoms with Crippen molar-refractivity contribution in [2.24, 2.45) is 5.92 Å². The molecule has 3 aromatic heterocycles. The number of benzene rings is 2. The van der Waals surface area contributed by atoms with Gasteiger partial charge in [-0.25, -0.2) is 4.79 Å². The van der Waals surface area contributed by atoms with Crippen LogP contribution in [0.3, 0.4) is 0 Å². The van der Waals surface area contributed by atoms with Crippen molar-refractivity contribution in [2.45, 2.75) is 45.2 Å². The van der Waals surface area contributed by atoms with Crippen LogP contribution in [0, 0.1) is 12.8 Å². The van der Waals surface area contributed by atoms with Crippen molar-refractivity contribution in [3.8, 4) is 17.2 Å². The molecule has 0 saturated heterocycles. The molecule has 41 heavy (non-hydrogen) atoms. The van der Waals surface area contributed by atoms with Crippen LogP contribution in [0.5, 0.6) is 11.5 Å². The van der Waals surface area contributed by atoms with Gasteiger partial charge in [0.15, 0.2) is 0 Å². The summed E-state index contributed by atoms with van der Waals surface area (Å²) in [4.78, 5) is 34.8. The number of fused-ring (bicyclic) bond motifs is 1. The minimum atomic E-state index is -0.141. The fraction of sp³-hybridized carbons (Fsp3) is 0.250. The number of aryl methyl sites for hydroxylation is 1. The second kappa shape index (κ2) is 11.6. The number of rotatable bonds is 7. The Balaban J connectivity index is 1.16. The van der Waals surface area contributed by atoms with Crippen molar-refractivity contribution in [1.82, 2.24) is 24.4 Å². The fourth-order valence-electron chi connectivity index (χ4n) is 5.59. The topological polar surface area (TPSA) is 91.0 Å². The van der Waals surface area contributed by atoms with Crippen molar-refractivity contribution in [3.63, 3.8) is 0 Å². The van der Waals surface area contributed by atoms with E-state index < -0.39 is 0 Å². The average Bonchev–Trinajstić information content (AvgIpc) is 3.27. The first kappa shape index (κ1) is 26.8. The minimum absolute atomic E-state index is 0.0617. The van der Waals surface area contributed by atoms with E-state index in [0.717, 1.165) is 42.4 Å². The van der Waals surface area contributed by atoms with Crippen LogP contribution in [0.2, 0.25) is 5.02 Å². The van der Waals surface area contributed by atoms with Gasteiger partial charge in [0.25, 0.3) is 5.91 Å². The minimum Gasteiger partial charge on any atom is -0.457 e. The highest BCUT2D eigenvalue weighted by Gasteiger charge is 2.25. The van der Waals surface area contributed by atoms with E-state index >= 15 is 0 Å². The van der Waals surface area contributed by atoms with Gasteiger partial charge in [-0.3, -0.25) is 23.9 Å². The zero-order chi connectivity index (χ0) is 28.3. The Kier molecular flexibility index (Phi) is 7.57. The summed E-state index contributed by atoms with van der Waals surface area (Å²) in [5.74, 6) is 1.58. The Morgan fingerprint density at radius 2 is 1.66 bits per heavy atom. The highest BCUT2D eigenvalue weighted by molar-refractivity contribution is 6.30. The second-order valence-electron chi connectivity index (χ2n) is 10.5. The van der Waals surface area contributed by atoms with Gasteiger partial charge in [0.05, 0.1) is 33.0 Å². The van der Waals surface area contributed by atoms with Crippen LogP contribution in [0.1, 0.15) is 41.7 Å². The number of nitrogens with zero attached hydrogens (tertiary/aromatic N) is 4. The maximum absolute atomic E-state index is 13.8. The number of amides is 1. The first-order valence-corrected chi connectivity index (χ1v) is 14.2. The number of ether oxygens (including phenoxy) is 1. The highest BCUT2D eigenvalue weighted by atomic mass is 35.5. The third-order valence-corrected chi connectivity index (χ3v) is 7.94. The fourth-order valence-corrected chi connectivity index (χ4v) is 5.75. The van der Waals surface area contributed by atoms with Crippen molar-refractivity contribution < 1.29 is 9.53 Å². The number of halogens is 1. The smallest absolute Gasteiger partial charge is 0.333 e. The molecular weight excluding hydrogens is 538 g/mol. The van der Waals surface area contributed by atoms with Crippen LogP contribution >= 0.6 is 11.6 Å². The lowest BCUT2D eigenvalue weighted by atomic mass is 9.85. The summed E-state index contributed by atoms with van der Waals surface area (Å²) in [6.45, 7) is 2.44. The molecule has 0 radical (unpaired) electrons. The molecule has 8 nitrogen and oxygen atoms in total. The van der Waals surface area contributed by atoms with Crippen molar-refractivity contribution in [3.05, 3.63) is 112 Å². The summed E-state index contributed by atoms with van der Waals surface area (Å²) in [5, 5.41) is 3.60. The molecule has 0 unspecified atom stereocenters.